The Morgan fingerprint density at radius 1 is 1.16 bits per heavy atom. The van der Waals surface area contributed by atoms with E-state index in [1.807, 2.05) is 0 Å². The minimum absolute atomic E-state index is 0.0418. The molecule has 0 saturated heterocycles. The third-order valence-electron chi connectivity index (χ3n) is 4.68. The van der Waals surface area contributed by atoms with E-state index in [1.165, 1.54) is 29.4 Å². The molecule has 1 unspecified atom stereocenters. The molecule has 3 aromatic rings. The third kappa shape index (κ3) is 4.22. The highest BCUT2D eigenvalue weighted by atomic mass is 19.3. The van der Waals surface area contributed by atoms with E-state index < -0.39 is 12.8 Å². The Morgan fingerprint density at radius 3 is 2.65 bits per heavy atom. The topological polar surface area (TPSA) is 85.0 Å². The Hall–Kier alpha value is -3.46. The van der Waals surface area contributed by atoms with Crippen molar-refractivity contribution in [2.45, 2.75) is 39.3 Å². The van der Waals surface area contributed by atoms with Gasteiger partial charge in [0.1, 0.15) is 6.26 Å². The van der Waals surface area contributed by atoms with E-state index in [2.05, 4.69) is 9.72 Å². The summed E-state index contributed by atoms with van der Waals surface area (Å²) in [6, 6.07) is 11.2. The van der Waals surface area contributed by atoms with Crippen LogP contribution in [0.5, 0.6) is 11.5 Å². The number of halogens is 2. The average Bonchev–Trinajstić information content (AvgIpc) is 3.28. The first kappa shape index (κ1) is 20.8. The van der Waals surface area contributed by atoms with Crippen LogP contribution < -0.4 is 9.47 Å². The molecule has 1 aliphatic heterocycles. The number of oxazole rings is 1. The van der Waals surface area contributed by atoms with Crippen molar-refractivity contribution in [1.82, 2.24) is 9.88 Å². The molecule has 162 valence electrons. The Bertz CT molecular complexity index is 1100. The van der Waals surface area contributed by atoms with E-state index in [-0.39, 0.29) is 35.9 Å². The fraction of sp³-hybridized carbons (Fsp3) is 0.273. The standard InChI is InChI=1S/C22H20F2N2O5/c1-12(2)30-18-9-13(7-8-17(18)31-22(23)24)19-25-14(11-29-19)10-26-20(27)15-5-3-4-6-16(15)21(26)28/h3-9,11-12,20,22,27H,10H2,1-2H3. The van der Waals surface area contributed by atoms with Crippen LogP contribution >= 0.6 is 0 Å². The molecular weight excluding hydrogens is 410 g/mol. The molecule has 2 aromatic carbocycles. The predicted molar refractivity (Wildman–Crippen MR) is 106 cm³/mol. The number of alkyl halides is 2. The lowest BCUT2D eigenvalue weighted by atomic mass is 10.1. The minimum Gasteiger partial charge on any atom is -0.487 e. The maximum Gasteiger partial charge on any atom is 0.387 e. The summed E-state index contributed by atoms with van der Waals surface area (Å²) in [7, 11) is 0. The monoisotopic (exact) mass is 430 g/mol. The fourth-order valence-electron chi connectivity index (χ4n) is 3.38. The lowest BCUT2D eigenvalue weighted by molar-refractivity contribution is -0.0518. The molecule has 1 aliphatic rings. The van der Waals surface area contributed by atoms with Crippen molar-refractivity contribution in [2.75, 3.05) is 0 Å². The first-order valence-corrected chi connectivity index (χ1v) is 9.61. The Labute approximate surface area is 176 Å². The first-order chi connectivity index (χ1) is 14.8. The molecule has 1 aromatic heterocycles. The minimum atomic E-state index is -2.98. The molecule has 0 spiro atoms. The Kier molecular flexibility index (Phi) is 5.60. The van der Waals surface area contributed by atoms with Gasteiger partial charge in [0.25, 0.3) is 5.91 Å². The number of fused-ring (bicyclic) bond motifs is 1. The van der Waals surface area contributed by atoms with Gasteiger partial charge in [-0.1, -0.05) is 18.2 Å². The number of aliphatic hydroxyl groups excluding tert-OH is 1. The number of aromatic nitrogens is 1. The van der Waals surface area contributed by atoms with Gasteiger partial charge in [0.2, 0.25) is 5.89 Å². The number of ether oxygens (including phenoxy) is 2. The summed E-state index contributed by atoms with van der Waals surface area (Å²) in [5.41, 5.74) is 1.90. The molecule has 31 heavy (non-hydrogen) atoms. The van der Waals surface area contributed by atoms with E-state index in [4.69, 9.17) is 9.15 Å². The zero-order valence-corrected chi connectivity index (χ0v) is 16.8. The second kappa shape index (κ2) is 8.35. The van der Waals surface area contributed by atoms with Crippen LogP contribution in [0.2, 0.25) is 0 Å². The van der Waals surface area contributed by atoms with Crippen LogP contribution in [-0.4, -0.2) is 33.6 Å². The molecule has 0 fully saturated rings. The SMILES string of the molecule is CC(C)Oc1cc(-c2nc(CN3C(=O)c4ccccc4C3O)co2)ccc1OC(F)F. The first-order valence-electron chi connectivity index (χ1n) is 9.61. The highest BCUT2D eigenvalue weighted by molar-refractivity contribution is 5.98. The van der Waals surface area contributed by atoms with Crippen LogP contribution in [0.25, 0.3) is 11.5 Å². The number of aliphatic hydroxyl groups is 1. The van der Waals surface area contributed by atoms with Crippen molar-refractivity contribution in [1.29, 1.82) is 0 Å². The smallest absolute Gasteiger partial charge is 0.387 e. The van der Waals surface area contributed by atoms with Gasteiger partial charge in [0, 0.05) is 16.7 Å². The summed E-state index contributed by atoms with van der Waals surface area (Å²) in [5, 5.41) is 10.5. The maximum absolute atomic E-state index is 12.7. The summed E-state index contributed by atoms with van der Waals surface area (Å²) in [5.74, 6) is -0.0458. The zero-order valence-electron chi connectivity index (χ0n) is 16.8. The number of nitrogens with zero attached hydrogens (tertiary/aromatic N) is 2. The molecule has 2 heterocycles. The second-order valence-electron chi connectivity index (χ2n) is 7.24. The number of carbonyl (C=O) groups excluding carboxylic acids is 1. The molecule has 0 bridgehead atoms. The van der Waals surface area contributed by atoms with E-state index >= 15 is 0 Å². The summed E-state index contributed by atoms with van der Waals surface area (Å²) >= 11 is 0. The maximum atomic E-state index is 12.7. The number of amides is 1. The fourth-order valence-corrected chi connectivity index (χ4v) is 3.38. The van der Waals surface area contributed by atoms with Gasteiger partial charge in [-0.3, -0.25) is 4.79 Å². The average molecular weight is 430 g/mol. The van der Waals surface area contributed by atoms with Crippen LogP contribution in [0.15, 0.2) is 53.1 Å². The molecular formula is C22H20F2N2O5. The quantitative estimate of drug-likeness (QED) is 0.599. The van der Waals surface area contributed by atoms with E-state index in [0.717, 1.165) is 0 Å². The van der Waals surface area contributed by atoms with Gasteiger partial charge in [0.05, 0.1) is 18.3 Å². The van der Waals surface area contributed by atoms with Crippen molar-refractivity contribution in [3.63, 3.8) is 0 Å². The Balaban J connectivity index is 1.56. The lowest BCUT2D eigenvalue weighted by Crippen LogP contribution is -2.27. The highest BCUT2D eigenvalue weighted by Gasteiger charge is 2.35. The Morgan fingerprint density at radius 2 is 1.94 bits per heavy atom. The second-order valence-corrected chi connectivity index (χ2v) is 7.24. The van der Waals surface area contributed by atoms with E-state index in [1.54, 1.807) is 38.1 Å². The zero-order chi connectivity index (χ0) is 22.1. The molecule has 9 heteroatoms. The van der Waals surface area contributed by atoms with Gasteiger partial charge < -0.3 is 23.9 Å². The van der Waals surface area contributed by atoms with Crippen LogP contribution in [-0.2, 0) is 6.54 Å². The van der Waals surface area contributed by atoms with Gasteiger partial charge in [-0.05, 0) is 38.1 Å². The molecule has 0 saturated carbocycles. The molecule has 1 N–H and O–H groups in total. The third-order valence-corrected chi connectivity index (χ3v) is 4.68. The lowest BCUT2D eigenvalue weighted by Gasteiger charge is -2.19. The van der Waals surface area contributed by atoms with Crippen LogP contribution in [0.3, 0.4) is 0 Å². The highest BCUT2D eigenvalue weighted by Crippen LogP contribution is 2.35. The predicted octanol–water partition coefficient (Wildman–Crippen LogP) is 4.38. The van der Waals surface area contributed by atoms with Crippen LogP contribution in [0.4, 0.5) is 8.78 Å². The van der Waals surface area contributed by atoms with Gasteiger partial charge in [0.15, 0.2) is 17.7 Å². The number of benzene rings is 2. The van der Waals surface area contributed by atoms with Crippen molar-refractivity contribution in [3.8, 4) is 23.0 Å². The van der Waals surface area contributed by atoms with Crippen LogP contribution in [0.1, 0.15) is 41.7 Å². The summed E-state index contributed by atoms with van der Waals surface area (Å²) < 4.78 is 40.9. The van der Waals surface area contributed by atoms with Gasteiger partial charge in [-0.15, -0.1) is 0 Å². The summed E-state index contributed by atoms with van der Waals surface area (Å²) in [6.07, 6.45) is 0.0468. The van der Waals surface area contributed by atoms with E-state index in [0.29, 0.717) is 22.4 Å². The van der Waals surface area contributed by atoms with Crippen molar-refractivity contribution in [3.05, 3.63) is 65.5 Å². The van der Waals surface area contributed by atoms with Crippen LogP contribution in [0, 0.1) is 0 Å². The molecule has 0 aliphatic carbocycles. The molecule has 7 nitrogen and oxygen atoms in total. The van der Waals surface area contributed by atoms with Gasteiger partial charge in [-0.2, -0.15) is 8.78 Å². The summed E-state index contributed by atoms with van der Waals surface area (Å²) in [4.78, 5) is 18.2. The van der Waals surface area contributed by atoms with Gasteiger partial charge >= 0.3 is 6.61 Å². The van der Waals surface area contributed by atoms with Crippen molar-refractivity contribution >= 4 is 5.91 Å². The molecule has 4 rings (SSSR count). The van der Waals surface area contributed by atoms with Crippen molar-refractivity contribution < 1.29 is 32.6 Å². The normalized spacial score (nSPS) is 15.6. The largest absolute Gasteiger partial charge is 0.487 e. The number of hydrogen-bond acceptors (Lipinski definition) is 6. The molecule has 1 atom stereocenters. The van der Waals surface area contributed by atoms with E-state index in [9.17, 15) is 18.7 Å². The number of rotatable bonds is 7. The molecule has 1 amide bonds. The molecule has 0 radical (unpaired) electrons. The number of hydrogen-bond donors (Lipinski definition) is 1. The van der Waals surface area contributed by atoms with Gasteiger partial charge in [-0.25, -0.2) is 4.98 Å². The summed E-state index contributed by atoms with van der Waals surface area (Å²) in [6.45, 7) is 0.582. The van der Waals surface area contributed by atoms with Crippen molar-refractivity contribution in [2.24, 2.45) is 0 Å². The number of carbonyl (C=O) groups is 1.